The third-order valence-electron chi connectivity index (χ3n) is 3.42. The van der Waals surface area contributed by atoms with Gasteiger partial charge in [0.25, 0.3) is 0 Å². The van der Waals surface area contributed by atoms with Gasteiger partial charge in [0.05, 0.1) is 16.4 Å². The molecule has 3 nitrogen and oxygen atoms in total. The number of benzene rings is 1. The Bertz CT molecular complexity index is 625. The van der Waals surface area contributed by atoms with Crippen molar-refractivity contribution in [2.45, 2.75) is 45.7 Å². The lowest BCUT2D eigenvalue weighted by Gasteiger charge is -2.12. The lowest BCUT2D eigenvalue weighted by atomic mass is 10.1. The number of aromatic nitrogens is 2. The highest BCUT2D eigenvalue weighted by molar-refractivity contribution is 9.08. The quantitative estimate of drug-likeness (QED) is 0.675. The number of hydrogen-bond acceptors (Lipinski definition) is 2. The summed E-state index contributed by atoms with van der Waals surface area (Å²) < 4.78 is 7.89. The first kappa shape index (κ1) is 16.4. The first-order valence-electron chi connectivity index (χ1n) is 7.13. The molecular weight excluding hydrogens is 352 g/mol. The predicted molar refractivity (Wildman–Crippen MR) is 90.4 cm³/mol. The zero-order valence-electron chi connectivity index (χ0n) is 12.6. The fraction of sp³-hybridized carbons (Fsp3) is 0.438. The SMILES string of the molecule is CCc1nn(CC)c(COc2ccc(C)cc2CBr)c1Cl. The van der Waals surface area contributed by atoms with Crippen LogP contribution in [0.1, 0.15) is 36.4 Å². The molecule has 0 saturated heterocycles. The van der Waals surface area contributed by atoms with Gasteiger partial charge in [0.2, 0.25) is 0 Å². The smallest absolute Gasteiger partial charge is 0.131 e. The van der Waals surface area contributed by atoms with Crippen LogP contribution in [-0.4, -0.2) is 9.78 Å². The van der Waals surface area contributed by atoms with Crippen LogP contribution in [0.2, 0.25) is 5.02 Å². The molecular formula is C16H20BrClN2O. The highest BCUT2D eigenvalue weighted by Crippen LogP contribution is 2.26. The van der Waals surface area contributed by atoms with Crippen molar-refractivity contribution < 1.29 is 4.74 Å². The summed E-state index contributed by atoms with van der Waals surface area (Å²) in [7, 11) is 0. The van der Waals surface area contributed by atoms with E-state index in [4.69, 9.17) is 16.3 Å². The zero-order valence-corrected chi connectivity index (χ0v) is 15.0. The molecule has 1 aromatic carbocycles. The lowest BCUT2D eigenvalue weighted by molar-refractivity contribution is 0.290. The summed E-state index contributed by atoms with van der Waals surface area (Å²) in [5.41, 5.74) is 4.24. The number of rotatable bonds is 6. The van der Waals surface area contributed by atoms with Crippen molar-refractivity contribution in [1.82, 2.24) is 9.78 Å². The van der Waals surface area contributed by atoms with Crippen LogP contribution in [-0.2, 0) is 24.9 Å². The summed E-state index contributed by atoms with van der Waals surface area (Å²) >= 11 is 9.90. The van der Waals surface area contributed by atoms with Gasteiger partial charge in [-0.15, -0.1) is 0 Å². The standard InChI is InChI=1S/C16H20BrClN2O/c1-4-13-16(18)14(20(5-2)19-13)10-21-15-7-6-11(3)8-12(15)9-17/h6-8H,4-5,9-10H2,1-3H3. The van der Waals surface area contributed by atoms with E-state index in [0.29, 0.717) is 6.61 Å². The van der Waals surface area contributed by atoms with Gasteiger partial charge in [0.15, 0.2) is 0 Å². The fourth-order valence-electron chi connectivity index (χ4n) is 2.25. The van der Waals surface area contributed by atoms with E-state index >= 15 is 0 Å². The molecule has 5 heteroatoms. The van der Waals surface area contributed by atoms with Crippen molar-refractivity contribution in [3.63, 3.8) is 0 Å². The van der Waals surface area contributed by atoms with Crippen LogP contribution < -0.4 is 4.74 Å². The van der Waals surface area contributed by atoms with Crippen LogP contribution in [0, 0.1) is 6.92 Å². The molecule has 2 aromatic rings. The van der Waals surface area contributed by atoms with Gasteiger partial charge in [-0.2, -0.15) is 5.10 Å². The second-order valence-corrected chi connectivity index (χ2v) is 5.85. The molecule has 114 valence electrons. The Labute approximate surface area is 139 Å². The molecule has 0 N–H and O–H groups in total. The first-order chi connectivity index (χ1) is 10.1. The molecule has 21 heavy (non-hydrogen) atoms. The van der Waals surface area contributed by atoms with Gasteiger partial charge in [-0.05, 0) is 26.3 Å². The number of aryl methyl sites for hydroxylation is 3. The van der Waals surface area contributed by atoms with E-state index in [0.717, 1.165) is 46.0 Å². The maximum absolute atomic E-state index is 6.40. The number of hydrogen-bond donors (Lipinski definition) is 0. The highest BCUT2D eigenvalue weighted by Gasteiger charge is 2.15. The normalized spacial score (nSPS) is 10.9. The minimum atomic E-state index is 0.433. The lowest BCUT2D eigenvalue weighted by Crippen LogP contribution is -2.07. The van der Waals surface area contributed by atoms with E-state index in [1.54, 1.807) is 0 Å². The second-order valence-electron chi connectivity index (χ2n) is 4.91. The molecule has 0 fully saturated rings. The van der Waals surface area contributed by atoms with Crippen LogP contribution in [0.25, 0.3) is 0 Å². The summed E-state index contributed by atoms with van der Waals surface area (Å²) in [4.78, 5) is 0. The van der Waals surface area contributed by atoms with E-state index < -0.39 is 0 Å². The van der Waals surface area contributed by atoms with Gasteiger partial charge >= 0.3 is 0 Å². The first-order valence-corrected chi connectivity index (χ1v) is 8.62. The van der Waals surface area contributed by atoms with Crippen molar-refractivity contribution in [2.24, 2.45) is 0 Å². The van der Waals surface area contributed by atoms with Crippen molar-refractivity contribution in [3.8, 4) is 5.75 Å². The number of nitrogens with zero attached hydrogens (tertiary/aromatic N) is 2. The van der Waals surface area contributed by atoms with Gasteiger partial charge in [0, 0.05) is 17.4 Å². The van der Waals surface area contributed by atoms with Crippen LogP contribution in [0.4, 0.5) is 0 Å². The van der Waals surface area contributed by atoms with Crippen molar-refractivity contribution in [3.05, 3.63) is 45.7 Å². The van der Waals surface area contributed by atoms with E-state index in [9.17, 15) is 0 Å². The Morgan fingerprint density at radius 1 is 1.33 bits per heavy atom. The molecule has 2 rings (SSSR count). The topological polar surface area (TPSA) is 27.1 Å². The molecule has 0 aliphatic heterocycles. The summed E-state index contributed by atoms with van der Waals surface area (Å²) in [5.74, 6) is 0.885. The number of halogens is 2. The van der Waals surface area contributed by atoms with Crippen LogP contribution in [0.3, 0.4) is 0 Å². The maximum Gasteiger partial charge on any atom is 0.131 e. The van der Waals surface area contributed by atoms with Gasteiger partial charge in [-0.1, -0.05) is 52.2 Å². The summed E-state index contributed by atoms with van der Waals surface area (Å²) in [5, 5.41) is 6.01. The molecule has 0 spiro atoms. The maximum atomic E-state index is 6.40. The highest BCUT2D eigenvalue weighted by atomic mass is 79.9. The molecule has 1 aromatic heterocycles. The molecule has 0 aliphatic carbocycles. The molecule has 0 atom stereocenters. The van der Waals surface area contributed by atoms with E-state index in [1.807, 2.05) is 10.7 Å². The molecule has 0 bridgehead atoms. The molecule has 0 aliphatic rings. The average molecular weight is 372 g/mol. The summed E-state index contributed by atoms with van der Waals surface area (Å²) in [6.45, 7) is 7.41. The molecule has 0 radical (unpaired) electrons. The van der Waals surface area contributed by atoms with Gasteiger partial charge in [-0.25, -0.2) is 0 Å². The Morgan fingerprint density at radius 2 is 2.10 bits per heavy atom. The molecule has 0 amide bonds. The van der Waals surface area contributed by atoms with Gasteiger partial charge < -0.3 is 4.74 Å². The van der Waals surface area contributed by atoms with Crippen LogP contribution in [0.5, 0.6) is 5.75 Å². The molecule has 0 unspecified atom stereocenters. The van der Waals surface area contributed by atoms with Gasteiger partial charge in [0.1, 0.15) is 12.4 Å². The minimum absolute atomic E-state index is 0.433. The Hall–Kier alpha value is -1.000. The molecule has 0 saturated carbocycles. The van der Waals surface area contributed by atoms with E-state index in [2.05, 4.69) is 53.9 Å². The third-order valence-corrected chi connectivity index (χ3v) is 4.46. The van der Waals surface area contributed by atoms with Crippen molar-refractivity contribution >= 4 is 27.5 Å². The zero-order chi connectivity index (χ0) is 15.4. The van der Waals surface area contributed by atoms with Crippen LogP contribution in [0.15, 0.2) is 18.2 Å². The molecule has 1 heterocycles. The average Bonchev–Trinajstić information content (AvgIpc) is 2.81. The third kappa shape index (κ3) is 3.61. The number of alkyl halides is 1. The van der Waals surface area contributed by atoms with E-state index in [-0.39, 0.29) is 0 Å². The minimum Gasteiger partial charge on any atom is -0.487 e. The van der Waals surface area contributed by atoms with Gasteiger partial charge in [-0.3, -0.25) is 4.68 Å². The fourth-order valence-corrected chi connectivity index (χ4v) is 3.02. The second kappa shape index (κ2) is 7.32. The predicted octanol–water partition coefficient (Wildman–Crippen LogP) is 4.90. The monoisotopic (exact) mass is 370 g/mol. The Balaban J connectivity index is 2.22. The Morgan fingerprint density at radius 3 is 2.71 bits per heavy atom. The van der Waals surface area contributed by atoms with Crippen molar-refractivity contribution in [2.75, 3.05) is 0 Å². The van der Waals surface area contributed by atoms with E-state index in [1.165, 1.54) is 5.56 Å². The van der Waals surface area contributed by atoms with Crippen molar-refractivity contribution in [1.29, 1.82) is 0 Å². The number of ether oxygens (including phenoxy) is 1. The Kier molecular flexibility index (Phi) is 5.71. The van der Waals surface area contributed by atoms with Crippen LogP contribution >= 0.6 is 27.5 Å². The largest absolute Gasteiger partial charge is 0.487 e. The summed E-state index contributed by atoms with van der Waals surface area (Å²) in [6, 6.07) is 6.19. The summed E-state index contributed by atoms with van der Waals surface area (Å²) in [6.07, 6.45) is 0.829.